The minimum Gasteiger partial charge on any atom is -0.373 e. The van der Waals surface area contributed by atoms with E-state index in [1.54, 1.807) is 19.3 Å². The zero-order chi connectivity index (χ0) is 13.4. The van der Waals surface area contributed by atoms with Gasteiger partial charge in [0.25, 0.3) is 0 Å². The zero-order valence-corrected chi connectivity index (χ0v) is 10.3. The molecule has 0 aromatic carbocycles. The molecule has 0 bridgehead atoms. The molecule has 0 radical (unpaired) electrons. The maximum atomic E-state index is 10.5. The second-order valence-corrected chi connectivity index (χ2v) is 3.86. The molecule has 3 N–H and O–H groups in total. The highest BCUT2D eigenvalue weighted by molar-refractivity contribution is 5.74. The van der Waals surface area contributed by atoms with Crippen LogP contribution in [0.2, 0.25) is 0 Å². The zero-order valence-electron chi connectivity index (χ0n) is 10.3. The Morgan fingerprint density at radius 2 is 2.28 bits per heavy atom. The molecule has 0 fully saturated rings. The van der Waals surface area contributed by atoms with Crippen LogP contribution in [-0.4, -0.2) is 30.6 Å². The van der Waals surface area contributed by atoms with E-state index in [9.17, 15) is 9.59 Å². The second-order valence-electron chi connectivity index (χ2n) is 3.86. The quantitative estimate of drug-likeness (QED) is 0.549. The fourth-order valence-electron chi connectivity index (χ4n) is 1.58. The largest absolute Gasteiger partial charge is 0.373 e. The molecule has 5 nitrogen and oxygen atoms in total. The average molecular weight is 247 g/mol. The summed E-state index contributed by atoms with van der Waals surface area (Å²) in [5, 5.41) is 2.99. The number of carbonyl (C=O) groups is 2. The minimum atomic E-state index is -0.455. The maximum Gasteiger partial charge on any atom is 0.142 e. The lowest BCUT2D eigenvalue weighted by molar-refractivity contribution is -0.109. The number of carbonyl (C=O) groups excluding carboxylic acids is 2. The summed E-state index contributed by atoms with van der Waals surface area (Å²) < 4.78 is 0. The van der Waals surface area contributed by atoms with Crippen molar-refractivity contribution in [2.24, 2.45) is 5.73 Å². The van der Waals surface area contributed by atoms with Crippen molar-refractivity contribution in [2.45, 2.75) is 18.9 Å². The summed E-state index contributed by atoms with van der Waals surface area (Å²) in [6, 6.07) is 1.47. The van der Waals surface area contributed by atoms with E-state index < -0.39 is 6.04 Å². The van der Waals surface area contributed by atoms with Crippen molar-refractivity contribution in [1.29, 1.82) is 0 Å². The molecule has 0 unspecified atom stereocenters. The van der Waals surface area contributed by atoms with Gasteiger partial charge in [0.05, 0.1) is 6.04 Å². The van der Waals surface area contributed by atoms with Crippen molar-refractivity contribution in [1.82, 2.24) is 4.98 Å². The highest BCUT2D eigenvalue weighted by atomic mass is 16.1. The molecule has 1 rings (SSSR count). The van der Waals surface area contributed by atoms with Crippen LogP contribution in [0.3, 0.4) is 0 Å². The van der Waals surface area contributed by atoms with Crippen LogP contribution in [0.1, 0.15) is 17.5 Å². The molecule has 0 aliphatic heterocycles. The van der Waals surface area contributed by atoms with E-state index in [1.807, 2.05) is 6.07 Å². The van der Waals surface area contributed by atoms with Crippen LogP contribution in [-0.2, 0) is 16.0 Å². The molecule has 5 heteroatoms. The minimum absolute atomic E-state index is 0.455. The number of anilines is 1. The van der Waals surface area contributed by atoms with Gasteiger partial charge in [0, 0.05) is 13.2 Å². The fourth-order valence-corrected chi connectivity index (χ4v) is 1.58. The van der Waals surface area contributed by atoms with Crippen molar-refractivity contribution < 1.29 is 9.59 Å². The Bertz CT molecular complexity index is 444. The van der Waals surface area contributed by atoms with E-state index in [4.69, 9.17) is 5.73 Å². The van der Waals surface area contributed by atoms with Crippen LogP contribution in [0.5, 0.6) is 0 Å². The predicted molar refractivity (Wildman–Crippen MR) is 71.2 cm³/mol. The Balaban J connectivity index is 2.87. The molecule has 1 heterocycles. The summed E-state index contributed by atoms with van der Waals surface area (Å²) in [6.07, 6.45) is 7.46. The van der Waals surface area contributed by atoms with E-state index in [1.165, 1.54) is 6.08 Å². The summed E-state index contributed by atoms with van der Waals surface area (Å²) in [5.41, 5.74) is 7.38. The van der Waals surface area contributed by atoms with Crippen molar-refractivity contribution in [2.75, 3.05) is 12.4 Å². The van der Waals surface area contributed by atoms with Crippen LogP contribution in [0.4, 0.5) is 5.82 Å². The lowest BCUT2D eigenvalue weighted by Crippen LogP contribution is -2.22. The molecular formula is C13H17N3O2. The smallest absolute Gasteiger partial charge is 0.142 e. The number of pyridine rings is 1. The number of allylic oxidation sites excluding steroid dienone is 1. The first-order chi connectivity index (χ1) is 8.71. The van der Waals surface area contributed by atoms with Gasteiger partial charge in [0.2, 0.25) is 0 Å². The normalized spacial score (nSPS) is 12.3. The van der Waals surface area contributed by atoms with Gasteiger partial charge >= 0.3 is 0 Å². The number of aryl methyl sites for hydroxylation is 1. The van der Waals surface area contributed by atoms with E-state index in [0.29, 0.717) is 19.1 Å². The summed E-state index contributed by atoms with van der Waals surface area (Å²) >= 11 is 0. The Labute approximate surface area is 106 Å². The fraction of sp³-hybridized carbons (Fsp3) is 0.308. The lowest BCUT2D eigenvalue weighted by Gasteiger charge is -2.10. The average Bonchev–Trinajstić information content (AvgIpc) is 2.42. The van der Waals surface area contributed by atoms with Gasteiger partial charge in [-0.3, -0.25) is 4.79 Å². The Morgan fingerprint density at radius 3 is 2.89 bits per heavy atom. The molecular weight excluding hydrogens is 230 g/mol. The van der Waals surface area contributed by atoms with Crippen molar-refractivity contribution >= 4 is 24.5 Å². The highest BCUT2D eigenvalue weighted by Crippen LogP contribution is 2.17. The van der Waals surface area contributed by atoms with Crippen LogP contribution < -0.4 is 11.1 Å². The molecule has 0 aliphatic carbocycles. The van der Waals surface area contributed by atoms with E-state index in [2.05, 4.69) is 10.3 Å². The molecule has 0 aliphatic rings. The van der Waals surface area contributed by atoms with Crippen LogP contribution in [0, 0.1) is 0 Å². The third-order valence-corrected chi connectivity index (χ3v) is 2.51. The van der Waals surface area contributed by atoms with Crippen LogP contribution in [0.15, 0.2) is 18.3 Å². The van der Waals surface area contributed by atoms with Gasteiger partial charge < -0.3 is 15.8 Å². The molecule has 1 aromatic rings. The number of aromatic nitrogens is 1. The number of nitrogens with two attached hydrogens (primary N) is 1. The molecule has 1 atom stereocenters. The molecule has 0 saturated carbocycles. The molecule has 1 aromatic heterocycles. The Morgan fingerprint density at radius 1 is 1.50 bits per heavy atom. The summed E-state index contributed by atoms with van der Waals surface area (Å²) in [4.78, 5) is 25.0. The van der Waals surface area contributed by atoms with E-state index >= 15 is 0 Å². The lowest BCUT2D eigenvalue weighted by atomic mass is 10.1. The number of nitrogens with one attached hydrogen (secondary N) is 1. The van der Waals surface area contributed by atoms with E-state index in [0.717, 1.165) is 23.2 Å². The van der Waals surface area contributed by atoms with Gasteiger partial charge in [-0.15, -0.1) is 0 Å². The van der Waals surface area contributed by atoms with Crippen LogP contribution >= 0.6 is 0 Å². The highest BCUT2D eigenvalue weighted by Gasteiger charge is 2.06. The van der Waals surface area contributed by atoms with Gasteiger partial charge in [-0.1, -0.05) is 6.08 Å². The SMILES string of the molecule is CNc1ncc(/C=C/C=O)cc1CC[C@H](N)C=O. The number of hydrogen-bond acceptors (Lipinski definition) is 5. The summed E-state index contributed by atoms with van der Waals surface area (Å²) in [5.74, 6) is 0.761. The first-order valence-electron chi connectivity index (χ1n) is 5.70. The molecule has 0 saturated heterocycles. The topological polar surface area (TPSA) is 85.1 Å². The molecule has 96 valence electrons. The summed E-state index contributed by atoms with van der Waals surface area (Å²) in [6.45, 7) is 0. The molecule has 0 spiro atoms. The number of aldehydes is 2. The van der Waals surface area contributed by atoms with Gasteiger partial charge in [0.15, 0.2) is 0 Å². The monoisotopic (exact) mass is 247 g/mol. The maximum absolute atomic E-state index is 10.5. The van der Waals surface area contributed by atoms with Crippen molar-refractivity contribution in [3.8, 4) is 0 Å². The number of nitrogens with zero attached hydrogens (tertiary/aromatic N) is 1. The third-order valence-electron chi connectivity index (χ3n) is 2.51. The van der Waals surface area contributed by atoms with E-state index in [-0.39, 0.29) is 0 Å². The standard InChI is InChI=1S/C13H17N3O2/c1-15-13-11(4-5-12(14)9-18)7-10(8-16-13)3-2-6-17/h2-3,6-9,12H,4-5,14H2,1H3,(H,15,16)/b3-2+/t12-/m0/s1. The van der Waals surface area contributed by atoms with Crippen LogP contribution in [0.25, 0.3) is 6.08 Å². The second kappa shape index (κ2) is 7.34. The first-order valence-corrected chi connectivity index (χ1v) is 5.70. The predicted octanol–water partition coefficient (Wildman–Crippen LogP) is 0.794. The van der Waals surface area contributed by atoms with Gasteiger partial charge in [-0.25, -0.2) is 4.98 Å². The molecule has 0 amide bonds. The summed E-state index contributed by atoms with van der Waals surface area (Å²) in [7, 11) is 1.78. The van der Waals surface area contributed by atoms with Gasteiger partial charge in [-0.05, 0) is 36.1 Å². The number of hydrogen-bond donors (Lipinski definition) is 2. The van der Waals surface area contributed by atoms with Crippen molar-refractivity contribution in [3.63, 3.8) is 0 Å². The molecule has 18 heavy (non-hydrogen) atoms. The van der Waals surface area contributed by atoms with Crippen molar-refractivity contribution in [3.05, 3.63) is 29.5 Å². The van der Waals surface area contributed by atoms with Gasteiger partial charge in [-0.2, -0.15) is 0 Å². The Kier molecular flexibility index (Phi) is 5.73. The number of rotatable bonds is 7. The first kappa shape index (κ1) is 14.1. The Hall–Kier alpha value is -2.01. The van der Waals surface area contributed by atoms with Gasteiger partial charge in [0.1, 0.15) is 18.4 Å². The third kappa shape index (κ3) is 4.10.